The lowest BCUT2D eigenvalue weighted by atomic mass is 10.1. The Morgan fingerprint density at radius 2 is 2.06 bits per heavy atom. The second kappa shape index (κ2) is 4.38. The maximum atomic E-state index is 2.31. The van der Waals surface area contributed by atoms with Crippen LogP contribution < -0.4 is 4.90 Å². The molecule has 1 aliphatic rings. The number of thiophene rings is 1. The lowest BCUT2D eigenvalue weighted by Crippen LogP contribution is -2.15. The van der Waals surface area contributed by atoms with E-state index in [9.17, 15) is 0 Å². The van der Waals surface area contributed by atoms with Gasteiger partial charge in [0.2, 0.25) is 0 Å². The Kier molecular flexibility index (Phi) is 2.73. The van der Waals surface area contributed by atoms with Gasteiger partial charge in [-0.05, 0) is 25.0 Å². The molecule has 86 valence electrons. The van der Waals surface area contributed by atoms with Crippen LogP contribution in [0.5, 0.6) is 0 Å². The maximum absolute atomic E-state index is 2.31. The van der Waals surface area contributed by atoms with Crippen LogP contribution in [0, 0.1) is 0 Å². The SMILES string of the molecule is CN(C1=CCCC=C1)c1csc2ccccc12. The monoisotopic (exact) mass is 241 g/mol. The molecule has 1 aromatic heterocycles. The number of allylic oxidation sites excluding steroid dienone is 3. The summed E-state index contributed by atoms with van der Waals surface area (Å²) in [5, 5.41) is 3.59. The number of hydrogen-bond donors (Lipinski definition) is 0. The molecule has 17 heavy (non-hydrogen) atoms. The zero-order valence-electron chi connectivity index (χ0n) is 9.89. The topological polar surface area (TPSA) is 3.24 Å². The van der Waals surface area contributed by atoms with E-state index in [2.05, 4.69) is 59.8 Å². The summed E-state index contributed by atoms with van der Waals surface area (Å²) in [5.74, 6) is 0. The molecule has 0 aliphatic heterocycles. The van der Waals surface area contributed by atoms with Crippen LogP contribution in [0.4, 0.5) is 5.69 Å². The van der Waals surface area contributed by atoms with Crippen LogP contribution in [0.25, 0.3) is 10.1 Å². The number of benzene rings is 1. The molecule has 0 fully saturated rings. The highest BCUT2D eigenvalue weighted by molar-refractivity contribution is 7.17. The highest BCUT2D eigenvalue weighted by Crippen LogP contribution is 2.34. The summed E-state index contributed by atoms with van der Waals surface area (Å²) in [7, 11) is 2.15. The molecule has 1 aromatic carbocycles. The first-order valence-electron chi connectivity index (χ1n) is 5.93. The average molecular weight is 241 g/mol. The Morgan fingerprint density at radius 1 is 1.18 bits per heavy atom. The number of likely N-dealkylation sites (N-methyl/N-ethyl adjacent to an activating group) is 1. The minimum Gasteiger partial charge on any atom is -0.344 e. The summed E-state index contributed by atoms with van der Waals surface area (Å²) in [4.78, 5) is 2.29. The molecule has 1 aliphatic carbocycles. The largest absolute Gasteiger partial charge is 0.344 e. The van der Waals surface area contributed by atoms with Crippen LogP contribution >= 0.6 is 11.3 Å². The summed E-state index contributed by atoms with van der Waals surface area (Å²) in [6.07, 6.45) is 9.10. The molecule has 0 N–H and O–H groups in total. The summed E-state index contributed by atoms with van der Waals surface area (Å²) < 4.78 is 1.36. The highest BCUT2D eigenvalue weighted by Gasteiger charge is 2.11. The number of rotatable bonds is 2. The van der Waals surface area contributed by atoms with Crippen molar-refractivity contribution in [2.45, 2.75) is 12.8 Å². The molecule has 0 bridgehead atoms. The van der Waals surface area contributed by atoms with Gasteiger partial charge in [0.1, 0.15) is 0 Å². The van der Waals surface area contributed by atoms with E-state index in [0.29, 0.717) is 0 Å². The van der Waals surface area contributed by atoms with E-state index in [4.69, 9.17) is 0 Å². The third-order valence-electron chi connectivity index (χ3n) is 3.18. The summed E-state index contributed by atoms with van der Waals surface area (Å²) >= 11 is 1.81. The van der Waals surface area contributed by atoms with Gasteiger partial charge in [-0.25, -0.2) is 0 Å². The van der Waals surface area contributed by atoms with Gasteiger partial charge < -0.3 is 4.90 Å². The first-order chi connectivity index (χ1) is 8.36. The third-order valence-corrected chi connectivity index (χ3v) is 4.14. The Morgan fingerprint density at radius 3 is 2.88 bits per heavy atom. The molecule has 0 radical (unpaired) electrons. The quantitative estimate of drug-likeness (QED) is 0.744. The van der Waals surface area contributed by atoms with Crippen molar-refractivity contribution < 1.29 is 0 Å². The number of nitrogens with zero attached hydrogens (tertiary/aromatic N) is 1. The van der Waals surface area contributed by atoms with Crippen molar-refractivity contribution in [1.29, 1.82) is 0 Å². The summed E-state index contributed by atoms with van der Waals surface area (Å²) in [6, 6.07) is 8.59. The van der Waals surface area contributed by atoms with E-state index in [-0.39, 0.29) is 0 Å². The Hall–Kier alpha value is -1.54. The van der Waals surface area contributed by atoms with Crippen molar-refractivity contribution >= 4 is 27.1 Å². The fourth-order valence-electron chi connectivity index (χ4n) is 2.21. The van der Waals surface area contributed by atoms with Gasteiger partial charge in [-0.3, -0.25) is 0 Å². The molecule has 2 aromatic rings. The van der Waals surface area contributed by atoms with Gasteiger partial charge in [0.05, 0.1) is 5.69 Å². The van der Waals surface area contributed by atoms with Gasteiger partial charge >= 0.3 is 0 Å². The zero-order valence-corrected chi connectivity index (χ0v) is 10.7. The van der Waals surface area contributed by atoms with Crippen LogP contribution in [0.15, 0.2) is 53.6 Å². The Balaban J connectivity index is 2.03. The standard InChI is InChI=1S/C15H15NS/c1-16(12-7-3-2-4-8-12)14-11-17-15-10-6-5-9-13(14)15/h3,5-11H,2,4H2,1H3. The third kappa shape index (κ3) is 1.89. The lowest BCUT2D eigenvalue weighted by Gasteiger charge is -2.21. The minimum atomic E-state index is 1.15. The van der Waals surface area contributed by atoms with Gasteiger partial charge in [-0.15, -0.1) is 11.3 Å². The van der Waals surface area contributed by atoms with Gasteiger partial charge in [0.25, 0.3) is 0 Å². The molecule has 2 heteroatoms. The number of hydrogen-bond acceptors (Lipinski definition) is 2. The van der Waals surface area contributed by atoms with Crippen LogP contribution in [-0.2, 0) is 0 Å². The fourth-order valence-corrected chi connectivity index (χ4v) is 3.19. The lowest BCUT2D eigenvalue weighted by molar-refractivity contribution is 0.986. The minimum absolute atomic E-state index is 1.15. The predicted octanol–water partition coefficient (Wildman–Crippen LogP) is 4.57. The predicted molar refractivity (Wildman–Crippen MR) is 76.7 cm³/mol. The van der Waals surface area contributed by atoms with E-state index in [1.165, 1.54) is 27.9 Å². The van der Waals surface area contributed by atoms with Gasteiger partial charge in [-0.2, -0.15) is 0 Å². The van der Waals surface area contributed by atoms with Crippen molar-refractivity contribution in [2.24, 2.45) is 0 Å². The van der Waals surface area contributed by atoms with E-state index >= 15 is 0 Å². The molecule has 0 atom stereocenters. The smallest absolute Gasteiger partial charge is 0.0596 e. The average Bonchev–Trinajstić information content (AvgIpc) is 2.83. The van der Waals surface area contributed by atoms with E-state index < -0.39 is 0 Å². The molecular weight excluding hydrogens is 226 g/mol. The van der Waals surface area contributed by atoms with Crippen LogP contribution in [-0.4, -0.2) is 7.05 Å². The van der Waals surface area contributed by atoms with Gasteiger partial charge in [0.15, 0.2) is 0 Å². The van der Waals surface area contributed by atoms with Crippen molar-refractivity contribution in [1.82, 2.24) is 0 Å². The summed E-state index contributed by atoms with van der Waals surface area (Å²) in [5.41, 5.74) is 2.61. The van der Waals surface area contributed by atoms with Crippen LogP contribution in [0.1, 0.15) is 12.8 Å². The summed E-state index contributed by atoms with van der Waals surface area (Å²) in [6.45, 7) is 0. The van der Waals surface area contributed by atoms with Crippen LogP contribution in [0.3, 0.4) is 0 Å². The molecule has 3 rings (SSSR count). The van der Waals surface area contributed by atoms with Gasteiger partial charge in [0, 0.05) is 28.2 Å². The normalized spacial score (nSPS) is 15.0. The van der Waals surface area contributed by atoms with E-state index in [1.807, 2.05) is 11.3 Å². The maximum Gasteiger partial charge on any atom is 0.0596 e. The fraction of sp³-hybridized carbons (Fsp3) is 0.200. The van der Waals surface area contributed by atoms with Crippen molar-refractivity contribution in [3.63, 3.8) is 0 Å². The van der Waals surface area contributed by atoms with E-state index in [1.54, 1.807) is 0 Å². The molecule has 0 unspecified atom stereocenters. The molecule has 0 amide bonds. The first-order valence-corrected chi connectivity index (χ1v) is 6.81. The molecule has 0 spiro atoms. The second-order valence-corrected chi connectivity index (χ2v) is 5.20. The number of anilines is 1. The second-order valence-electron chi connectivity index (χ2n) is 4.28. The van der Waals surface area contributed by atoms with E-state index in [0.717, 1.165) is 6.42 Å². The molecular formula is C15H15NS. The zero-order chi connectivity index (χ0) is 11.7. The van der Waals surface area contributed by atoms with Crippen molar-refractivity contribution in [3.05, 3.63) is 53.6 Å². The molecule has 0 saturated heterocycles. The first kappa shape index (κ1) is 10.6. The Labute approximate surface area is 106 Å². The molecule has 1 heterocycles. The number of fused-ring (bicyclic) bond motifs is 1. The highest BCUT2D eigenvalue weighted by atomic mass is 32.1. The Bertz CT molecular complexity index is 592. The van der Waals surface area contributed by atoms with Crippen LogP contribution in [0.2, 0.25) is 0 Å². The molecule has 0 saturated carbocycles. The van der Waals surface area contributed by atoms with Crippen molar-refractivity contribution in [3.8, 4) is 0 Å². The van der Waals surface area contributed by atoms with Crippen molar-refractivity contribution in [2.75, 3.05) is 11.9 Å². The molecule has 1 nitrogen and oxygen atoms in total. The van der Waals surface area contributed by atoms with Gasteiger partial charge in [-0.1, -0.05) is 30.4 Å².